The summed E-state index contributed by atoms with van der Waals surface area (Å²) in [7, 11) is 1.91. The Kier molecular flexibility index (Phi) is 2.73. The maximum Gasteiger partial charge on any atom is 0.172 e. The molecule has 78 valence electrons. The van der Waals surface area contributed by atoms with E-state index >= 15 is 0 Å². The predicted molar refractivity (Wildman–Crippen MR) is 58.1 cm³/mol. The van der Waals surface area contributed by atoms with Crippen LogP contribution in [-0.2, 0) is 7.05 Å². The highest BCUT2D eigenvalue weighted by Crippen LogP contribution is 2.27. The van der Waals surface area contributed by atoms with Crippen LogP contribution in [-0.4, -0.2) is 34.6 Å². The molecule has 1 unspecified atom stereocenters. The molecule has 2 heterocycles. The minimum Gasteiger partial charge on any atom is -0.354 e. The van der Waals surface area contributed by atoms with Gasteiger partial charge in [0.05, 0.1) is 0 Å². The summed E-state index contributed by atoms with van der Waals surface area (Å²) < 4.78 is 2.61. The van der Waals surface area contributed by atoms with Gasteiger partial charge >= 0.3 is 0 Å². The van der Waals surface area contributed by atoms with Crippen molar-refractivity contribution in [2.24, 2.45) is 18.7 Å². The quantitative estimate of drug-likeness (QED) is 0.834. The van der Waals surface area contributed by atoms with Crippen LogP contribution in [0.4, 0.5) is 5.82 Å². The third-order valence-electron chi connectivity index (χ3n) is 2.68. The van der Waals surface area contributed by atoms with Crippen molar-refractivity contribution in [3.05, 3.63) is 4.60 Å². The molecule has 1 aliphatic rings. The summed E-state index contributed by atoms with van der Waals surface area (Å²) in [6, 6.07) is 0. The first-order valence-electron chi connectivity index (χ1n) is 4.72. The number of nitrogens with zero attached hydrogens (tertiary/aromatic N) is 4. The molecule has 1 fully saturated rings. The molecule has 0 spiro atoms. The first-order valence-corrected chi connectivity index (χ1v) is 5.52. The molecule has 0 bridgehead atoms. The highest BCUT2D eigenvalue weighted by atomic mass is 79.9. The highest BCUT2D eigenvalue weighted by molar-refractivity contribution is 9.10. The third kappa shape index (κ3) is 1.64. The van der Waals surface area contributed by atoms with Crippen molar-refractivity contribution in [1.29, 1.82) is 0 Å². The molecule has 1 atom stereocenters. The predicted octanol–water partition coefficient (Wildman–Crippen LogP) is 0.363. The second-order valence-corrected chi connectivity index (χ2v) is 4.42. The summed E-state index contributed by atoms with van der Waals surface area (Å²) >= 11 is 3.40. The van der Waals surface area contributed by atoms with Crippen LogP contribution in [0.3, 0.4) is 0 Å². The van der Waals surface area contributed by atoms with E-state index < -0.39 is 0 Å². The van der Waals surface area contributed by atoms with Gasteiger partial charge in [0.2, 0.25) is 0 Å². The van der Waals surface area contributed by atoms with E-state index in [1.54, 1.807) is 4.68 Å². The van der Waals surface area contributed by atoms with E-state index in [2.05, 4.69) is 31.1 Å². The summed E-state index contributed by atoms with van der Waals surface area (Å²) in [4.78, 5) is 2.28. The number of nitrogens with two attached hydrogens (primary N) is 1. The van der Waals surface area contributed by atoms with Gasteiger partial charge in [0.1, 0.15) is 0 Å². The number of hydrogen-bond acceptors (Lipinski definition) is 4. The van der Waals surface area contributed by atoms with Crippen molar-refractivity contribution in [3.8, 4) is 0 Å². The number of halogens is 1. The van der Waals surface area contributed by atoms with Gasteiger partial charge in [0, 0.05) is 20.1 Å². The van der Waals surface area contributed by atoms with Crippen molar-refractivity contribution >= 4 is 21.7 Å². The van der Waals surface area contributed by atoms with Crippen molar-refractivity contribution in [1.82, 2.24) is 15.0 Å². The Hall–Kier alpha value is -0.620. The molecule has 1 aromatic rings. The average Bonchev–Trinajstić information content (AvgIpc) is 2.73. The maximum absolute atomic E-state index is 5.65. The van der Waals surface area contributed by atoms with Gasteiger partial charge in [0.15, 0.2) is 10.4 Å². The fourth-order valence-electron chi connectivity index (χ4n) is 1.88. The maximum atomic E-state index is 5.65. The lowest BCUT2D eigenvalue weighted by atomic mass is 10.1. The van der Waals surface area contributed by atoms with E-state index in [0.29, 0.717) is 5.92 Å². The van der Waals surface area contributed by atoms with E-state index in [-0.39, 0.29) is 0 Å². The van der Waals surface area contributed by atoms with Crippen LogP contribution in [0.15, 0.2) is 4.60 Å². The first-order chi connectivity index (χ1) is 6.72. The molecule has 0 amide bonds. The van der Waals surface area contributed by atoms with Gasteiger partial charge in [-0.2, -0.15) is 0 Å². The Morgan fingerprint density at radius 3 is 2.93 bits per heavy atom. The summed E-state index contributed by atoms with van der Waals surface area (Å²) in [5.41, 5.74) is 5.65. The summed E-state index contributed by atoms with van der Waals surface area (Å²) in [5, 5.41) is 7.93. The highest BCUT2D eigenvalue weighted by Gasteiger charge is 2.25. The molecule has 1 aliphatic heterocycles. The fourth-order valence-corrected chi connectivity index (χ4v) is 2.46. The van der Waals surface area contributed by atoms with Crippen molar-refractivity contribution < 1.29 is 0 Å². The molecule has 1 aromatic heterocycles. The van der Waals surface area contributed by atoms with Gasteiger partial charge in [-0.15, -0.1) is 5.10 Å². The SMILES string of the molecule is Cn1nnc(Br)c1N1CCC(CN)C1. The molecule has 2 rings (SSSR count). The first kappa shape index (κ1) is 9.92. The molecular formula is C8H14BrN5. The van der Waals surface area contributed by atoms with Gasteiger partial charge < -0.3 is 10.6 Å². The van der Waals surface area contributed by atoms with Crippen LogP contribution >= 0.6 is 15.9 Å². The Bertz CT molecular complexity index is 304. The molecular weight excluding hydrogens is 246 g/mol. The van der Waals surface area contributed by atoms with E-state index in [4.69, 9.17) is 5.73 Å². The van der Waals surface area contributed by atoms with Gasteiger partial charge in [-0.1, -0.05) is 5.21 Å². The van der Waals surface area contributed by atoms with Crippen LogP contribution in [0.25, 0.3) is 0 Å². The van der Waals surface area contributed by atoms with Crippen LogP contribution in [0.1, 0.15) is 6.42 Å². The second-order valence-electron chi connectivity index (χ2n) is 3.66. The van der Waals surface area contributed by atoms with Gasteiger partial charge in [-0.05, 0) is 34.8 Å². The van der Waals surface area contributed by atoms with Crippen molar-refractivity contribution in [3.63, 3.8) is 0 Å². The second kappa shape index (κ2) is 3.86. The van der Waals surface area contributed by atoms with E-state index in [9.17, 15) is 0 Å². The third-order valence-corrected chi connectivity index (χ3v) is 3.19. The Morgan fingerprint density at radius 2 is 2.43 bits per heavy atom. The molecule has 2 N–H and O–H groups in total. The summed E-state index contributed by atoms with van der Waals surface area (Å²) in [5.74, 6) is 1.66. The zero-order chi connectivity index (χ0) is 10.1. The monoisotopic (exact) mass is 259 g/mol. The molecule has 0 aromatic carbocycles. The number of aromatic nitrogens is 3. The lowest BCUT2D eigenvalue weighted by Gasteiger charge is -2.17. The average molecular weight is 260 g/mol. The normalized spacial score (nSPS) is 21.9. The van der Waals surface area contributed by atoms with Gasteiger partial charge in [-0.3, -0.25) is 0 Å². The lowest BCUT2D eigenvalue weighted by Crippen LogP contribution is -2.24. The molecule has 6 heteroatoms. The number of hydrogen-bond donors (Lipinski definition) is 1. The standard InChI is InChI=1S/C8H14BrN5/c1-13-8(7(9)11-12-13)14-3-2-6(4-10)5-14/h6H,2-5,10H2,1H3. The minimum atomic E-state index is 0.608. The molecule has 5 nitrogen and oxygen atoms in total. The zero-order valence-electron chi connectivity index (χ0n) is 8.15. The molecule has 0 saturated carbocycles. The van der Waals surface area contributed by atoms with Gasteiger partial charge in [-0.25, -0.2) is 4.68 Å². The number of rotatable bonds is 2. The van der Waals surface area contributed by atoms with E-state index in [0.717, 1.165) is 36.5 Å². The topological polar surface area (TPSA) is 60.0 Å². The van der Waals surface area contributed by atoms with Crippen LogP contribution in [0, 0.1) is 5.92 Å². The molecule has 14 heavy (non-hydrogen) atoms. The summed E-state index contributed by atoms with van der Waals surface area (Å²) in [6.45, 7) is 2.82. The van der Waals surface area contributed by atoms with Crippen molar-refractivity contribution in [2.75, 3.05) is 24.5 Å². The van der Waals surface area contributed by atoms with E-state index in [1.807, 2.05) is 7.05 Å². The largest absolute Gasteiger partial charge is 0.354 e. The molecule has 0 aliphatic carbocycles. The Labute approximate surface area is 91.4 Å². The van der Waals surface area contributed by atoms with Gasteiger partial charge in [0.25, 0.3) is 0 Å². The van der Waals surface area contributed by atoms with Crippen molar-refractivity contribution in [2.45, 2.75) is 6.42 Å². The Morgan fingerprint density at radius 1 is 1.64 bits per heavy atom. The molecule has 0 radical (unpaired) electrons. The fraction of sp³-hybridized carbons (Fsp3) is 0.750. The van der Waals surface area contributed by atoms with Crippen LogP contribution < -0.4 is 10.6 Å². The minimum absolute atomic E-state index is 0.608. The smallest absolute Gasteiger partial charge is 0.172 e. The zero-order valence-corrected chi connectivity index (χ0v) is 9.74. The molecule has 1 saturated heterocycles. The summed E-state index contributed by atoms with van der Waals surface area (Å²) in [6.07, 6.45) is 1.16. The number of aryl methyl sites for hydroxylation is 1. The van der Waals surface area contributed by atoms with E-state index in [1.165, 1.54) is 0 Å². The number of anilines is 1. The van der Waals surface area contributed by atoms with Crippen LogP contribution in [0.2, 0.25) is 0 Å². The van der Waals surface area contributed by atoms with Crippen LogP contribution in [0.5, 0.6) is 0 Å². The Balaban J connectivity index is 2.17. The lowest BCUT2D eigenvalue weighted by molar-refractivity contribution is 0.600.